The van der Waals surface area contributed by atoms with Crippen LogP contribution in [0.3, 0.4) is 0 Å². The van der Waals surface area contributed by atoms with E-state index in [2.05, 4.69) is 15.4 Å². The summed E-state index contributed by atoms with van der Waals surface area (Å²) < 4.78 is 42.4. The molecule has 0 aliphatic carbocycles. The molecule has 1 aromatic heterocycles. The fraction of sp³-hybridized carbons (Fsp3) is 0.357. The van der Waals surface area contributed by atoms with Gasteiger partial charge >= 0.3 is 6.18 Å². The summed E-state index contributed by atoms with van der Waals surface area (Å²) in [5.74, 6) is -1.43. The number of rotatable bonds is 6. The van der Waals surface area contributed by atoms with Crippen LogP contribution in [0.15, 0.2) is 24.3 Å². The molecule has 2 rings (SSSR count). The molecule has 1 aromatic carbocycles. The molecule has 0 unspecified atom stereocenters. The Bertz CT molecular complexity index is 670. The number of H-pyrrole nitrogens is 1. The molecule has 0 saturated heterocycles. The number of benzene rings is 1. The zero-order chi connectivity index (χ0) is 16.9. The number of alkyl halides is 3. The Morgan fingerprint density at radius 1 is 1.39 bits per heavy atom. The van der Waals surface area contributed by atoms with E-state index in [0.29, 0.717) is 18.8 Å². The molecule has 0 fully saturated rings. The Balaban J connectivity index is 1.72. The van der Waals surface area contributed by atoms with E-state index in [1.165, 1.54) is 0 Å². The van der Waals surface area contributed by atoms with Gasteiger partial charge in [-0.1, -0.05) is 12.1 Å². The van der Waals surface area contributed by atoms with Gasteiger partial charge in [-0.25, -0.2) is 0 Å². The topological polar surface area (TPSA) is 79.9 Å². The van der Waals surface area contributed by atoms with E-state index >= 15 is 0 Å². The van der Waals surface area contributed by atoms with Gasteiger partial charge in [0, 0.05) is 6.42 Å². The number of aromatic nitrogens is 3. The number of nitrogens with zero attached hydrogens (tertiary/aromatic N) is 2. The van der Waals surface area contributed by atoms with Gasteiger partial charge in [-0.3, -0.25) is 15.2 Å². The molecule has 0 aliphatic heterocycles. The van der Waals surface area contributed by atoms with Crippen molar-refractivity contribution in [3.63, 3.8) is 0 Å². The average molecular weight is 328 g/mol. The lowest BCUT2D eigenvalue weighted by Gasteiger charge is -2.06. The van der Waals surface area contributed by atoms with Crippen LogP contribution < -0.4 is 10.1 Å². The first-order valence-electron chi connectivity index (χ1n) is 6.83. The van der Waals surface area contributed by atoms with Crippen LogP contribution in [0.25, 0.3) is 0 Å². The SMILES string of the molecule is Cc1cccc(OCCCC(=O)Nc2n[nH]c(C(F)(F)F)n2)c1. The van der Waals surface area contributed by atoms with Crippen LogP contribution >= 0.6 is 0 Å². The maximum atomic E-state index is 12.3. The molecule has 0 saturated carbocycles. The molecule has 23 heavy (non-hydrogen) atoms. The van der Waals surface area contributed by atoms with Crippen LogP contribution in [0, 0.1) is 6.92 Å². The number of halogens is 3. The van der Waals surface area contributed by atoms with Gasteiger partial charge in [0.05, 0.1) is 6.61 Å². The zero-order valence-electron chi connectivity index (χ0n) is 12.3. The highest BCUT2D eigenvalue weighted by Crippen LogP contribution is 2.26. The molecule has 0 bridgehead atoms. The third kappa shape index (κ3) is 5.28. The highest BCUT2D eigenvalue weighted by Gasteiger charge is 2.35. The Kier molecular flexibility index (Phi) is 5.20. The van der Waals surface area contributed by atoms with E-state index < -0.39 is 23.9 Å². The predicted molar refractivity (Wildman–Crippen MR) is 75.9 cm³/mol. The first kappa shape index (κ1) is 16.8. The van der Waals surface area contributed by atoms with Gasteiger partial charge in [-0.15, -0.1) is 5.10 Å². The first-order valence-corrected chi connectivity index (χ1v) is 6.83. The first-order chi connectivity index (χ1) is 10.8. The lowest BCUT2D eigenvalue weighted by Crippen LogP contribution is -2.14. The summed E-state index contributed by atoms with van der Waals surface area (Å²) in [5, 5.41) is 7.20. The van der Waals surface area contributed by atoms with Crippen molar-refractivity contribution >= 4 is 11.9 Å². The van der Waals surface area contributed by atoms with Crippen molar-refractivity contribution in [3.8, 4) is 5.75 Å². The summed E-state index contributed by atoms with van der Waals surface area (Å²) in [5.41, 5.74) is 1.06. The number of anilines is 1. The number of hydrogen-bond donors (Lipinski definition) is 2. The molecule has 9 heteroatoms. The fourth-order valence-electron chi connectivity index (χ4n) is 1.76. The minimum absolute atomic E-state index is 0.0850. The van der Waals surface area contributed by atoms with Gasteiger partial charge in [-0.2, -0.15) is 18.2 Å². The number of hydrogen-bond acceptors (Lipinski definition) is 4. The summed E-state index contributed by atoms with van der Waals surface area (Å²) in [6.45, 7) is 2.26. The molecule has 0 spiro atoms. The molecule has 0 aliphatic rings. The summed E-state index contributed by atoms with van der Waals surface area (Å²) in [6, 6.07) is 7.47. The largest absolute Gasteiger partial charge is 0.494 e. The normalized spacial score (nSPS) is 11.3. The summed E-state index contributed by atoms with van der Waals surface area (Å²) in [7, 11) is 0. The summed E-state index contributed by atoms with van der Waals surface area (Å²) in [6.07, 6.45) is -4.13. The molecule has 124 valence electrons. The average Bonchev–Trinajstić information content (AvgIpc) is 2.92. The fourth-order valence-corrected chi connectivity index (χ4v) is 1.76. The number of carbonyl (C=O) groups excluding carboxylic acids is 1. The van der Waals surface area contributed by atoms with E-state index in [1.807, 2.05) is 25.1 Å². The Hall–Kier alpha value is -2.58. The molecule has 0 radical (unpaired) electrons. The number of amides is 1. The van der Waals surface area contributed by atoms with E-state index in [-0.39, 0.29) is 6.42 Å². The van der Waals surface area contributed by atoms with E-state index in [4.69, 9.17) is 4.74 Å². The molecular weight excluding hydrogens is 313 g/mol. The van der Waals surface area contributed by atoms with Gasteiger partial charge in [0.25, 0.3) is 0 Å². The lowest BCUT2D eigenvalue weighted by molar-refractivity contribution is -0.144. The maximum absolute atomic E-state index is 12.3. The van der Waals surface area contributed by atoms with Crippen LogP contribution in [0.2, 0.25) is 0 Å². The number of carbonyl (C=O) groups is 1. The molecule has 6 nitrogen and oxygen atoms in total. The Labute approximate surface area is 130 Å². The molecule has 2 aromatic rings. The van der Waals surface area contributed by atoms with Crippen molar-refractivity contribution in [1.82, 2.24) is 15.2 Å². The van der Waals surface area contributed by atoms with Crippen LogP contribution in [-0.2, 0) is 11.0 Å². The predicted octanol–water partition coefficient (Wildman–Crippen LogP) is 2.93. The molecule has 1 amide bonds. The van der Waals surface area contributed by atoms with Crippen molar-refractivity contribution in [2.24, 2.45) is 0 Å². The summed E-state index contributed by atoms with van der Waals surface area (Å²) in [4.78, 5) is 14.7. The minimum Gasteiger partial charge on any atom is -0.494 e. The van der Waals surface area contributed by atoms with Crippen LogP contribution in [0.5, 0.6) is 5.75 Å². The Morgan fingerprint density at radius 3 is 2.83 bits per heavy atom. The molecular formula is C14H15F3N4O2. The quantitative estimate of drug-likeness (QED) is 0.799. The van der Waals surface area contributed by atoms with Gasteiger partial charge in [0.1, 0.15) is 5.75 Å². The molecule has 1 heterocycles. The van der Waals surface area contributed by atoms with E-state index in [0.717, 1.165) is 5.56 Å². The smallest absolute Gasteiger partial charge is 0.451 e. The highest BCUT2D eigenvalue weighted by molar-refractivity contribution is 5.88. The second kappa shape index (κ2) is 7.12. The number of aryl methyl sites for hydroxylation is 1. The second-order valence-electron chi connectivity index (χ2n) is 4.82. The van der Waals surface area contributed by atoms with Gasteiger partial charge in [0.2, 0.25) is 17.7 Å². The van der Waals surface area contributed by atoms with Crippen molar-refractivity contribution in [3.05, 3.63) is 35.7 Å². The zero-order valence-corrected chi connectivity index (χ0v) is 12.3. The number of nitrogens with one attached hydrogen (secondary N) is 2. The number of aromatic amines is 1. The monoisotopic (exact) mass is 328 g/mol. The van der Waals surface area contributed by atoms with Gasteiger partial charge in [-0.05, 0) is 31.0 Å². The third-order valence-corrected chi connectivity index (χ3v) is 2.81. The van der Waals surface area contributed by atoms with Crippen molar-refractivity contribution < 1.29 is 22.7 Å². The highest BCUT2D eigenvalue weighted by atomic mass is 19.4. The van der Waals surface area contributed by atoms with Crippen LogP contribution in [0.4, 0.5) is 19.1 Å². The minimum atomic E-state index is -4.63. The third-order valence-electron chi connectivity index (χ3n) is 2.81. The lowest BCUT2D eigenvalue weighted by atomic mass is 10.2. The maximum Gasteiger partial charge on any atom is 0.451 e. The van der Waals surface area contributed by atoms with Crippen LogP contribution in [-0.4, -0.2) is 27.7 Å². The van der Waals surface area contributed by atoms with E-state index in [9.17, 15) is 18.0 Å². The van der Waals surface area contributed by atoms with Crippen LogP contribution in [0.1, 0.15) is 24.2 Å². The van der Waals surface area contributed by atoms with Crippen molar-refractivity contribution in [1.29, 1.82) is 0 Å². The van der Waals surface area contributed by atoms with E-state index in [1.54, 1.807) is 11.2 Å². The summed E-state index contributed by atoms with van der Waals surface area (Å²) >= 11 is 0. The Morgan fingerprint density at radius 2 is 2.17 bits per heavy atom. The molecule has 0 atom stereocenters. The van der Waals surface area contributed by atoms with Crippen molar-refractivity contribution in [2.75, 3.05) is 11.9 Å². The molecule has 2 N–H and O–H groups in total. The standard InChI is InChI=1S/C14H15F3N4O2/c1-9-4-2-5-10(8-9)23-7-3-6-11(22)18-13-19-12(20-21-13)14(15,16)17/h2,4-5,8H,3,6-7H2,1H3,(H2,18,19,20,21,22). The van der Waals surface area contributed by atoms with Gasteiger partial charge in [0.15, 0.2) is 0 Å². The second-order valence-corrected chi connectivity index (χ2v) is 4.82. The van der Waals surface area contributed by atoms with Gasteiger partial charge < -0.3 is 4.74 Å². The number of ether oxygens (including phenoxy) is 1. The van der Waals surface area contributed by atoms with Crippen molar-refractivity contribution in [2.45, 2.75) is 25.9 Å².